The van der Waals surface area contributed by atoms with Gasteiger partial charge in [-0.1, -0.05) is 0 Å². The molecule has 0 aromatic carbocycles. The highest BCUT2D eigenvalue weighted by molar-refractivity contribution is 7.89. The molecule has 1 heterocycles. The Balaban J connectivity index is 2.56. The van der Waals surface area contributed by atoms with Gasteiger partial charge in [0.1, 0.15) is 17.2 Å². The highest BCUT2D eigenvalue weighted by atomic mass is 32.2. The minimum absolute atomic E-state index is 0.0329. The number of sulfonamides is 1. The van der Waals surface area contributed by atoms with Crippen LogP contribution >= 0.6 is 0 Å². The van der Waals surface area contributed by atoms with Gasteiger partial charge in [-0.2, -0.15) is 0 Å². The van der Waals surface area contributed by atoms with Crippen LogP contribution in [0.5, 0.6) is 0 Å². The number of hydrogen-bond acceptors (Lipinski definition) is 5. The Labute approximate surface area is 99.0 Å². The summed E-state index contributed by atoms with van der Waals surface area (Å²) < 4.78 is 31.7. The summed E-state index contributed by atoms with van der Waals surface area (Å²) in [6.45, 7) is 2.77. The van der Waals surface area contributed by atoms with Gasteiger partial charge >= 0.3 is 5.97 Å². The maximum absolute atomic E-state index is 11.4. The molecule has 0 fully saturated rings. The average Bonchev–Trinajstić information content (AvgIpc) is 2.72. The summed E-state index contributed by atoms with van der Waals surface area (Å²) in [5, 5.41) is 4.89. The van der Waals surface area contributed by atoms with E-state index in [1.807, 2.05) is 6.92 Å². The zero-order valence-electron chi connectivity index (χ0n) is 9.30. The average molecular weight is 262 g/mol. The largest absolute Gasteiger partial charge is 0.459 e. The van der Waals surface area contributed by atoms with E-state index in [9.17, 15) is 13.2 Å². The second-order valence-corrected chi connectivity index (χ2v) is 4.69. The van der Waals surface area contributed by atoms with Crippen LogP contribution in [-0.4, -0.2) is 39.2 Å². The number of carbonyl (C=O) groups excluding carboxylic acids is 1. The molecule has 1 aromatic heterocycles. The van der Waals surface area contributed by atoms with E-state index >= 15 is 0 Å². The SMILES string of the molecule is CCOCCOC(=O)c1cc(S(N)(=O)=O)c[nH]1. The van der Waals surface area contributed by atoms with Crippen molar-refractivity contribution in [2.45, 2.75) is 11.8 Å². The molecule has 0 aliphatic carbocycles. The molecule has 0 unspecified atom stereocenters. The number of nitrogens with two attached hydrogens (primary N) is 1. The summed E-state index contributed by atoms with van der Waals surface area (Å²) in [7, 11) is -3.81. The summed E-state index contributed by atoms with van der Waals surface area (Å²) in [6, 6.07) is 1.12. The van der Waals surface area contributed by atoms with Crippen molar-refractivity contribution in [1.29, 1.82) is 0 Å². The van der Waals surface area contributed by atoms with Gasteiger partial charge in [-0.25, -0.2) is 18.4 Å². The van der Waals surface area contributed by atoms with Gasteiger partial charge in [0.15, 0.2) is 0 Å². The Morgan fingerprint density at radius 1 is 1.47 bits per heavy atom. The van der Waals surface area contributed by atoms with Crippen LogP contribution in [0.2, 0.25) is 0 Å². The van der Waals surface area contributed by atoms with Crippen LogP contribution in [0.3, 0.4) is 0 Å². The first-order chi connectivity index (χ1) is 7.95. The van der Waals surface area contributed by atoms with Gasteiger partial charge in [0.05, 0.1) is 6.61 Å². The first-order valence-corrected chi connectivity index (χ1v) is 6.46. The molecule has 96 valence electrons. The Morgan fingerprint density at radius 3 is 2.71 bits per heavy atom. The molecule has 0 saturated carbocycles. The van der Waals surface area contributed by atoms with Crippen molar-refractivity contribution in [2.75, 3.05) is 19.8 Å². The van der Waals surface area contributed by atoms with E-state index < -0.39 is 16.0 Å². The van der Waals surface area contributed by atoms with Crippen molar-refractivity contribution in [3.8, 4) is 0 Å². The summed E-state index contributed by atoms with van der Waals surface area (Å²) in [5.41, 5.74) is 0.0329. The minimum Gasteiger partial charge on any atom is -0.459 e. The number of rotatable bonds is 6. The van der Waals surface area contributed by atoms with E-state index in [-0.39, 0.29) is 17.2 Å². The van der Waals surface area contributed by atoms with E-state index in [2.05, 4.69) is 4.98 Å². The van der Waals surface area contributed by atoms with Crippen LogP contribution in [-0.2, 0) is 19.5 Å². The number of primary sulfonamides is 1. The van der Waals surface area contributed by atoms with Gasteiger partial charge in [-0.15, -0.1) is 0 Å². The first-order valence-electron chi connectivity index (χ1n) is 4.91. The van der Waals surface area contributed by atoms with E-state index in [0.29, 0.717) is 13.2 Å². The maximum atomic E-state index is 11.4. The summed E-state index contributed by atoms with van der Waals surface area (Å²) in [5.74, 6) is -0.653. The third-order valence-corrected chi connectivity index (χ3v) is 2.76. The van der Waals surface area contributed by atoms with Crippen LogP contribution in [0.25, 0.3) is 0 Å². The van der Waals surface area contributed by atoms with Crippen LogP contribution in [0.1, 0.15) is 17.4 Å². The molecule has 0 saturated heterocycles. The molecule has 0 atom stereocenters. The molecule has 8 heteroatoms. The predicted octanol–water partition coefficient (Wildman–Crippen LogP) is -0.145. The lowest BCUT2D eigenvalue weighted by atomic mass is 10.4. The molecule has 0 spiro atoms. The van der Waals surface area contributed by atoms with Gasteiger partial charge in [0, 0.05) is 12.8 Å². The van der Waals surface area contributed by atoms with Crippen LogP contribution in [0, 0.1) is 0 Å². The molecule has 7 nitrogen and oxygen atoms in total. The normalized spacial score (nSPS) is 11.4. The molecule has 0 aliphatic rings. The Kier molecular flexibility index (Phi) is 4.67. The van der Waals surface area contributed by atoms with Crippen LogP contribution in [0.15, 0.2) is 17.2 Å². The standard InChI is InChI=1S/C9H14N2O5S/c1-2-15-3-4-16-9(12)8-5-7(6-11-8)17(10,13)14/h5-6,11H,2-4H2,1H3,(H2,10,13,14). The zero-order valence-corrected chi connectivity index (χ0v) is 10.1. The molecule has 0 amide bonds. The molecule has 1 aromatic rings. The lowest BCUT2D eigenvalue weighted by molar-refractivity contribution is 0.0330. The number of H-pyrrole nitrogens is 1. The topological polar surface area (TPSA) is 111 Å². The van der Waals surface area contributed by atoms with Gasteiger partial charge in [-0.05, 0) is 13.0 Å². The zero-order chi connectivity index (χ0) is 12.9. The van der Waals surface area contributed by atoms with Gasteiger partial charge < -0.3 is 14.5 Å². The number of carbonyl (C=O) groups is 1. The number of esters is 1. The molecule has 3 N–H and O–H groups in total. The third-order valence-electron chi connectivity index (χ3n) is 1.87. The molecular weight excluding hydrogens is 248 g/mol. The lowest BCUT2D eigenvalue weighted by Gasteiger charge is -2.02. The van der Waals surface area contributed by atoms with Gasteiger partial charge in [-0.3, -0.25) is 0 Å². The Morgan fingerprint density at radius 2 is 2.18 bits per heavy atom. The molecule has 17 heavy (non-hydrogen) atoms. The van der Waals surface area contributed by atoms with Crippen LogP contribution < -0.4 is 5.14 Å². The van der Waals surface area contributed by atoms with E-state index in [4.69, 9.17) is 14.6 Å². The summed E-state index contributed by atoms with van der Waals surface area (Å²) >= 11 is 0. The fourth-order valence-electron chi connectivity index (χ4n) is 1.07. The second-order valence-electron chi connectivity index (χ2n) is 3.13. The predicted molar refractivity (Wildman–Crippen MR) is 58.9 cm³/mol. The molecule has 0 radical (unpaired) electrons. The third kappa shape index (κ3) is 4.17. The minimum atomic E-state index is -3.81. The van der Waals surface area contributed by atoms with Crippen molar-refractivity contribution in [1.82, 2.24) is 4.98 Å². The number of aromatic amines is 1. The number of ether oxygens (including phenoxy) is 2. The molecule has 0 aliphatic heterocycles. The smallest absolute Gasteiger partial charge is 0.354 e. The second kappa shape index (κ2) is 5.80. The number of nitrogens with one attached hydrogen (secondary N) is 1. The van der Waals surface area contributed by atoms with Crippen molar-refractivity contribution in [3.05, 3.63) is 18.0 Å². The molecular formula is C9H14N2O5S. The van der Waals surface area contributed by atoms with Gasteiger partial charge in [0.25, 0.3) is 0 Å². The monoisotopic (exact) mass is 262 g/mol. The van der Waals surface area contributed by atoms with Crippen molar-refractivity contribution in [2.24, 2.45) is 5.14 Å². The Bertz CT molecular complexity index is 479. The maximum Gasteiger partial charge on any atom is 0.354 e. The lowest BCUT2D eigenvalue weighted by Crippen LogP contribution is -2.12. The van der Waals surface area contributed by atoms with Gasteiger partial charge in [0.2, 0.25) is 10.0 Å². The van der Waals surface area contributed by atoms with Crippen molar-refractivity contribution >= 4 is 16.0 Å². The molecule has 0 bridgehead atoms. The van der Waals surface area contributed by atoms with Crippen molar-refractivity contribution in [3.63, 3.8) is 0 Å². The highest BCUT2D eigenvalue weighted by Crippen LogP contribution is 2.09. The summed E-state index contributed by atoms with van der Waals surface area (Å²) in [6.07, 6.45) is 1.13. The quantitative estimate of drug-likeness (QED) is 0.547. The van der Waals surface area contributed by atoms with E-state index in [0.717, 1.165) is 12.3 Å². The molecule has 1 rings (SSSR count). The number of hydrogen-bond donors (Lipinski definition) is 2. The first kappa shape index (κ1) is 13.7. The number of aromatic nitrogens is 1. The van der Waals surface area contributed by atoms with E-state index in [1.165, 1.54) is 0 Å². The fraction of sp³-hybridized carbons (Fsp3) is 0.444. The van der Waals surface area contributed by atoms with Crippen LogP contribution in [0.4, 0.5) is 0 Å². The summed E-state index contributed by atoms with van der Waals surface area (Å²) in [4.78, 5) is 13.7. The van der Waals surface area contributed by atoms with E-state index in [1.54, 1.807) is 0 Å². The fourth-order valence-corrected chi connectivity index (χ4v) is 1.58. The highest BCUT2D eigenvalue weighted by Gasteiger charge is 2.15. The van der Waals surface area contributed by atoms with Crippen molar-refractivity contribution < 1.29 is 22.7 Å². The Hall–Kier alpha value is -1.38.